The number of urea groups is 1. The number of imide groups is 4. The molecule has 0 atom stereocenters. The molecule has 7 aliphatic heterocycles. The van der Waals surface area contributed by atoms with Crippen LogP contribution < -0.4 is 10.9 Å². The fraction of sp³-hybridized carbons (Fsp3) is 0.775. The van der Waals surface area contributed by atoms with Crippen molar-refractivity contribution in [2.24, 2.45) is 0 Å². The Bertz CT molecular complexity index is 2000. The third-order valence-corrected chi connectivity index (χ3v) is 13.4. The predicted molar refractivity (Wildman–Crippen MR) is 387 cm³/mol. The van der Waals surface area contributed by atoms with Crippen LogP contribution in [-0.2, 0) is 33.6 Å². The molecular formula is C71H141N9O10S. The number of pyridine rings is 1. The van der Waals surface area contributed by atoms with Crippen molar-refractivity contribution in [3.05, 3.63) is 46.9 Å². The summed E-state index contributed by atoms with van der Waals surface area (Å²) in [4.78, 5) is 122. The van der Waals surface area contributed by atoms with E-state index in [1.165, 1.54) is 89.0 Å². The average molecular weight is 1310 g/mol. The Hall–Kier alpha value is -5.21. The SMILES string of the molecule is CC.CC.CC.CC.CC.CC.CC.CC.CC(C)N1C(=O)C=CC1=O.CC(C)N1C(=O)CCC1=O.CC(C)N1C(=O)CCCC1=O.CC(C)N1C(=O)CNC1=O.CC(C)N1CCC1.CC(C)N1CCCC1.CC(C)N1CCSC1=O.CC(C)n1ccccc1=O. The smallest absolute Gasteiger partial charge is 0.324 e. The van der Waals surface area contributed by atoms with Crippen LogP contribution in [0, 0.1) is 0 Å². The standard InChI is InChI=1S/C8H13NO2.C8H11NO.C7H11NO2.C7H9NO2.C7H15N.C6H10N2O2.C6H11NOS.C6H13N.8C2H6/c1-6(2)9-7(10)4-3-5-8(9)11;1-7(2)9-6-4-3-5-8(9)10;2*1-5(2)8-6(9)3-4-7(8)10;1-7(2)8-5-3-4-6-8;1-4(2)8-5(9)3-7-6(8)10;1-5(2)7-3-4-9-6(7)8;1-6(2)7-4-3-5-7;8*1-2/h6H,3-5H2,1-2H3;3-7H,1-2H3;5H,3-4H2,1-2H3;3-5H,1-2H3;7H,3-6H2,1-2H3;4H,3H2,1-2H3,(H,7,10);5H,3-4H2,1-2H3;6H,3-5H2,1-2H3;8*1-2H3. The third-order valence-electron chi connectivity index (χ3n) is 12.5. The number of carbonyl (C=O) groups excluding carboxylic acids is 9. The maximum absolute atomic E-state index is 11.2. The topological polar surface area (TPSA) is 210 Å². The zero-order valence-corrected chi connectivity index (χ0v) is 65.1. The summed E-state index contributed by atoms with van der Waals surface area (Å²) >= 11 is 1.42. The molecule has 0 unspecified atom stereocenters. The second kappa shape index (κ2) is 64.9. The quantitative estimate of drug-likeness (QED) is 0.190. The van der Waals surface area contributed by atoms with E-state index in [0.29, 0.717) is 31.7 Å². The van der Waals surface area contributed by atoms with E-state index in [-0.39, 0.29) is 94.9 Å². The zero-order valence-electron chi connectivity index (χ0n) is 64.3. The molecule has 536 valence electrons. The number of amides is 10. The Balaban J connectivity index is -0.000000140. The predicted octanol–water partition coefficient (Wildman–Crippen LogP) is 15.5. The molecule has 7 aliphatic rings. The Morgan fingerprint density at radius 3 is 0.901 bits per heavy atom. The lowest BCUT2D eigenvalue weighted by molar-refractivity contribution is -0.150. The van der Waals surface area contributed by atoms with Crippen molar-refractivity contribution in [3.63, 3.8) is 0 Å². The molecule has 6 fully saturated rings. The highest BCUT2D eigenvalue weighted by Gasteiger charge is 2.32. The molecule has 19 nitrogen and oxygen atoms in total. The number of nitrogens with zero attached hydrogens (tertiary/aromatic N) is 8. The molecule has 91 heavy (non-hydrogen) atoms. The molecule has 0 bridgehead atoms. The molecule has 8 rings (SSSR count). The monoisotopic (exact) mass is 1310 g/mol. The van der Waals surface area contributed by atoms with Gasteiger partial charge in [-0.1, -0.05) is 129 Å². The van der Waals surface area contributed by atoms with Crippen LogP contribution in [0.1, 0.15) is 279 Å². The number of hydrogen-bond donors (Lipinski definition) is 1. The number of thioether (sulfide) groups is 1. The average Bonchev–Trinajstić information content (AvgIpc) is 2.17. The van der Waals surface area contributed by atoms with Crippen LogP contribution in [0.4, 0.5) is 9.59 Å². The highest BCUT2D eigenvalue weighted by molar-refractivity contribution is 8.13. The van der Waals surface area contributed by atoms with Crippen molar-refractivity contribution in [2.75, 3.05) is 45.0 Å². The number of hydrogen-bond acceptors (Lipinski definition) is 13. The summed E-state index contributed by atoms with van der Waals surface area (Å²) < 4.78 is 1.69. The van der Waals surface area contributed by atoms with Crippen LogP contribution in [0.3, 0.4) is 0 Å². The van der Waals surface area contributed by atoms with Crippen molar-refractivity contribution in [2.45, 2.75) is 321 Å². The molecule has 0 saturated carbocycles. The second-order valence-corrected chi connectivity index (χ2v) is 22.2. The lowest BCUT2D eigenvalue weighted by Gasteiger charge is -2.34. The fourth-order valence-corrected chi connectivity index (χ4v) is 9.18. The number of aromatic nitrogens is 1. The van der Waals surface area contributed by atoms with E-state index in [9.17, 15) is 47.9 Å². The first-order valence-electron chi connectivity index (χ1n) is 35.0. The van der Waals surface area contributed by atoms with Gasteiger partial charge in [-0.05, 0) is 169 Å². The van der Waals surface area contributed by atoms with E-state index < -0.39 is 0 Å². The van der Waals surface area contributed by atoms with Crippen molar-refractivity contribution in [1.82, 2.24) is 44.2 Å². The first-order chi connectivity index (χ1) is 43.0. The summed E-state index contributed by atoms with van der Waals surface area (Å²) in [7, 11) is 0. The van der Waals surface area contributed by atoms with Gasteiger partial charge in [-0.15, -0.1) is 0 Å². The molecule has 8 heterocycles. The maximum atomic E-state index is 11.2. The van der Waals surface area contributed by atoms with Crippen LogP contribution >= 0.6 is 11.8 Å². The number of rotatable bonds is 8. The van der Waals surface area contributed by atoms with Crippen LogP contribution in [0.15, 0.2) is 41.3 Å². The summed E-state index contributed by atoms with van der Waals surface area (Å²) in [5.41, 5.74) is 0.0671. The van der Waals surface area contributed by atoms with E-state index in [1.54, 1.807) is 22.9 Å². The molecule has 0 aliphatic carbocycles. The van der Waals surface area contributed by atoms with Gasteiger partial charge in [0.25, 0.3) is 22.6 Å². The fourth-order valence-electron chi connectivity index (χ4n) is 8.25. The molecule has 20 heteroatoms. The first kappa shape index (κ1) is 102. The summed E-state index contributed by atoms with van der Waals surface area (Å²) in [6, 6.07) is 7.10. The van der Waals surface area contributed by atoms with E-state index in [4.69, 9.17) is 0 Å². The molecule has 1 N–H and O–H groups in total. The van der Waals surface area contributed by atoms with Gasteiger partial charge in [-0.3, -0.25) is 62.8 Å². The molecule has 0 aromatic carbocycles. The van der Waals surface area contributed by atoms with Crippen molar-refractivity contribution in [3.8, 4) is 0 Å². The number of carbonyl (C=O) groups is 9. The van der Waals surface area contributed by atoms with Gasteiger partial charge in [-0.25, -0.2) is 4.79 Å². The summed E-state index contributed by atoms with van der Waals surface area (Å²) in [6.07, 6.45) is 11.2. The van der Waals surface area contributed by atoms with E-state index in [0.717, 1.165) is 30.8 Å². The van der Waals surface area contributed by atoms with Gasteiger partial charge in [0.2, 0.25) is 29.5 Å². The minimum atomic E-state index is -0.278. The van der Waals surface area contributed by atoms with Crippen LogP contribution in [0.5, 0.6) is 0 Å². The highest BCUT2D eigenvalue weighted by Crippen LogP contribution is 2.19. The van der Waals surface area contributed by atoms with Gasteiger partial charge in [0.15, 0.2) is 0 Å². The van der Waals surface area contributed by atoms with E-state index in [1.807, 2.05) is 205 Å². The number of piperidine rings is 1. The molecule has 1 aromatic rings. The van der Waals surface area contributed by atoms with E-state index >= 15 is 0 Å². The minimum Gasteiger partial charge on any atom is -0.330 e. The van der Waals surface area contributed by atoms with Crippen LogP contribution in [-0.4, -0.2) is 179 Å². The summed E-state index contributed by atoms with van der Waals surface area (Å²) in [5, 5.41) is 2.68. The number of nitrogens with one attached hydrogen (secondary N) is 1. The van der Waals surface area contributed by atoms with Crippen LogP contribution in [0.2, 0.25) is 0 Å². The third kappa shape index (κ3) is 44.9. The second-order valence-electron chi connectivity index (χ2n) is 21.1. The Morgan fingerprint density at radius 2 is 0.714 bits per heavy atom. The Labute approximate surface area is 562 Å². The van der Waals surface area contributed by atoms with Gasteiger partial charge in [0.05, 0.1) is 6.54 Å². The first-order valence-corrected chi connectivity index (χ1v) is 36.0. The van der Waals surface area contributed by atoms with Gasteiger partial charge in [0.1, 0.15) is 0 Å². The molecule has 0 radical (unpaired) electrons. The zero-order chi connectivity index (χ0) is 73.3. The highest BCUT2D eigenvalue weighted by atomic mass is 32.2. The van der Waals surface area contributed by atoms with Gasteiger partial charge in [-0.2, -0.15) is 0 Å². The Kier molecular flexibility index (Phi) is 72.7. The summed E-state index contributed by atoms with van der Waals surface area (Å²) in [5.74, 6) is 0.323. The van der Waals surface area contributed by atoms with Crippen molar-refractivity contribution < 1.29 is 43.2 Å². The summed E-state index contributed by atoms with van der Waals surface area (Å²) in [6.45, 7) is 70.2. The van der Waals surface area contributed by atoms with Gasteiger partial charge >= 0.3 is 6.03 Å². The lowest BCUT2D eigenvalue weighted by atomic mass is 10.1. The van der Waals surface area contributed by atoms with Crippen LogP contribution in [0.25, 0.3) is 0 Å². The van der Waals surface area contributed by atoms with Crippen molar-refractivity contribution in [1.29, 1.82) is 0 Å². The molecular weight excluding hydrogens is 1170 g/mol. The molecule has 10 amide bonds. The molecule has 6 saturated heterocycles. The molecule has 0 spiro atoms. The Morgan fingerprint density at radius 1 is 0.363 bits per heavy atom. The van der Waals surface area contributed by atoms with Gasteiger partial charge < -0.3 is 24.6 Å². The minimum absolute atomic E-state index is 0.0174. The lowest BCUT2D eigenvalue weighted by Crippen LogP contribution is -2.44. The van der Waals surface area contributed by atoms with Crippen molar-refractivity contribution >= 4 is 64.4 Å². The van der Waals surface area contributed by atoms with E-state index in [2.05, 4.69) is 42.8 Å². The maximum Gasteiger partial charge on any atom is 0.324 e. The number of likely N-dealkylation sites (tertiary alicyclic amines) is 4. The molecule has 1 aromatic heterocycles. The largest absolute Gasteiger partial charge is 0.330 e. The van der Waals surface area contributed by atoms with Gasteiger partial charge in [0, 0.05) is 111 Å². The normalized spacial score (nSPS) is 15.9.